The lowest BCUT2D eigenvalue weighted by Crippen LogP contribution is -2.28. The van der Waals surface area contributed by atoms with E-state index >= 15 is 0 Å². The van der Waals surface area contributed by atoms with Crippen LogP contribution in [-0.4, -0.2) is 70.3 Å². The smallest absolute Gasteiger partial charge is 0.275 e. The normalized spacial score (nSPS) is 11.3. The number of methoxy groups -OCH3 is 2. The van der Waals surface area contributed by atoms with E-state index in [-0.39, 0.29) is 29.7 Å². The highest BCUT2D eigenvalue weighted by Gasteiger charge is 2.27. The number of nitrogens with zero attached hydrogens (tertiary/aromatic N) is 5. The van der Waals surface area contributed by atoms with Gasteiger partial charge in [-0.05, 0) is 55.3 Å². The number of ether oxygens (including phenoxy) is 3. The lowest BCUT2D eigenvalue weighted by molar-refractivity contribution is 0.0308. The number of nitrogens with one attached hydrogen (secondary N) is 2. The Labute approximate surface area is 252 Å². The quantitative estimate of drug-likeness (QED) is 0.195. The zero-order valence-electron chi connectivity index (χ0n) is 24.3. The van der Waals surface area contributed by atoms with Crippen molar-refractivity contribution in [2.45, 2.75) is 27.0 Å². The Balaban J connectivity index is 1.66. The molecule has 0 fully saturated rings. The molecular weight excluding hydrogens is 574 g/mol. The van der Waals surface area contributed by atoms with Gasteiger partial charge in [-0.2, -0.15) is 10.2 Å². The Bertz CT molecular complexity index is 1800. The van der Waals surface area contributed by atoms with Crippen molar-refractivity contribution in [3.8, 4) is 11.6 Å². The van der Waals surface area contributed by atoms with Crippen molar-refractivity contribution in [3.05, 3.63) is 70.6 Å². The number of rotatable bonds is 12. The molecule has 0 saturated carbocycles. The average Bonchev–Trinajstić information content (AvgIpc) is 3.59. The molecule has 0 spiro atoms. The first kappa shape index (κ1) is 30.0. The summed E-state index contributed by atoms with van der Waals surface area (Å²) in [6.45, 7) is 5.10. The summed E-state index contributed by atoms with van der Waals surface area (Å²) < 4.78 is 19.2. The lowest BCUT2D eigenvalue weighted by atomic mass is 10.0. The molecule has 0 aliphatic heterocycles. The van der Waals surface area contributed by atoms with Gasteiger partial charge in [0.15, 0.2) is 5.82 Å². The second kappa shape index (κ2) is 13.2. The fourth-order valence-electron chi connectivity index (χ4n) is 4.77. The first-order valence-corrected chi connectivity index (χ1v) is 14.1. The number of halogens is 1. The second-order valence-electron chi connectivity index (χ2n) is 9.72. The highest BCUT2D eigenvalue weighted by atomic mass is 35.5. The molecular formula is C30H32ClN7O5. The zero-order chi connectivity index (χ0) is 30.5. The van der Waals surface area contributed by atoms with Crippen LogP contribution in [0.5, 0.6) is 5.75 Å². The maximum Gasteiger partial charge on any atom is 0.275 e. The van der Waals surface area contributed by atoms with E-state index in [4.69, 9.17) is 25.8 Å². The Kier molecular flexibility index (Phi) is 9.19. The monoisotopic (exact) mass is 605 g/mol. The minimum Gasteiger partial charge on any atom is -0.497 e. The van der Waals surface area contributed by atoms with Gasteiger partial charge in [-0.3, -0.25) is 9.59 Å². The minimum atomic E-state index is -0.521. The van der Waals surface area contributed by atoms with Gasteiger partial charge in [0.1, 0.15) is 18.2 Å². The topological polar surface area (TPSA) is 134 Å². The fourth-order valence-corrected chi connectivity index (χ4v) is 4.97. The van der Waals surface area contributed by atoms with Crippen LogP contribution in [0.2, 0.25) is 5.02 Å². The number of pyridine rings is 1. The van der Waals surface area contributed by atoms with Crippen LogP contribution < -0.4 is 15.4 Å². The molecule has 224 valence electrons. The number of hydrogen-bond acceptors (Lipinski definition) is 8. The highest BCUT2D eigenvalue weighted by molar-refractivity contribution is 6.32. The molecule has 12 nitrogen and oxygen atoms in total. The van der Waals surface area contributed by atoms with Crippen molar-refractivity contribution in [3.63, 3.8) is 0 Å². The predicted molar refractivity (Wildman–Crippen MR) is 163 cm³/mol. The molecule has 0 atom stereocenters. The van der Waals surface area contributed by atoms with Crippen LogP contribution in [0, 0.1) is 6.92 Å². The van der Waals surface area contributed by atoms with E-state index in [2.05, 4.69) is 25.8 Å². The molecule has 2 N–H and O–H groups in total. The third-order valence-electron chi connectivity index (χ3n) is 6.80. The summed E-state index contributed by atoms with van der Waals surface area (Å²) in [5.41, 5.74) is 2.51. The molecule has 43 heavy (non-hydrogen) atoms. The van der Waals surface area contributed by atoms with E-state index in [9.17, 15) is 9.59 Å². The van der Waals surface area contributed by atoms with Crippen molar-refractivity contribution in [2.75, 3.05) is 39.3 Å². The maximum absolute atomic E-state index is 14.3. The molecule has 2 aromatic carbocycles. The van der Waals surface area contributed by atoms with E-state index < -0.39 is 5.91 Å². The number of amides is 2. The van der Waals surface area contributed by atoms with Gasteiger partial charge in [0.2, 0.25) is 0 Å². The SMILES string of the molecule is CCCNC(=O)c1c(NC(=O)c2c3cc(OC)ccc3nn2-c2ncccc2Cl)c(C)cc2cnn(COCCOC)c12. The van der Waals surface area contributed by atoms with E-state index in [1.165, 1.54) is 4.68 Å². The highest BCUT2D eigenvalue weighted by Crippen LogP contribution is 2.33. The minimum absolute atomic E-state index is 0.0900. The Morgan fingerprint density at radius 1 is 1.09 bits per heavy atom. The van der Waals surface area contributed by atoms with E-state index in [0.29, 0.717) is 58.2 Å². The Morgan fingerprint density at radius 3 is 2.67 bits per heavy atom. The van der Waals surface area contributed by atoms with Gasteiger partial charge in [-0.15, -0.1) is 0 Å². The number of aryl methyl sites for hydroxylation is 1. The first-order chi connectivity index (χ1) is 20.9. The number of fused-ring (bicyclic) bond motifs is 2. The summed E-state index contributed by atoms with van der Waals surface area (Å²) >= 11 is 6.49. The van der Waals surface area contributed by atoms with Crippen LogP contribution in [0.15, 0.2) is 48.8 Å². The van der Waals surface area contributed by atoms with Crippen molar-refractivity contribution >= 4 is 50.9 Å². The van der Waals surface area contributed by atoms with Crippen LogP contribution >= 0.6 is 11.6 Å². The van der Waals surface area contributed by atoms with Crippen LogP contribution in [0.1, 0.15) is 39.8 Å². The number of carbonyl (C=O) groups is 2. The van der Waals surface area contributed by atoms with Gasteiger partial charge in [0.05, 0.1) is 53.8 Å². The third kappa shape index (κ3) is 6.03. The van der Waals surface area contributed by atoms with Gasteiger partial charge < -0.3 is 24.8 Å². The molecule has 2 amide bonds. The predicted octanol–water partition coefficient (Wildman–Crippen LogP) is 4.75. The van der Waals surface area contributed by atoms with Crippen LogP contribution in [-0.2, 0) is 16.2 Å². The largest absolute Gasteiger partial charge is 0.497 e. The number of aromatic nitrogens is 5. The molecule has 3 aromatic heterocycles. The molecule has 5 aromatic rings. The van der Waals surface area contributed by atoms with E-state index in [1.54, 1.807) is 61.6 Å². The van der Waals surface area contributed by atoms with Crippen LogP contribution in [0.4, 0.5) is 5.69 Å². The summed E-state index contributed by atoms with van der Waals surface area (Å²) in [4.78, 5) is 32.3. The van der Waals surface area contributed by atoms with Crippen molar-refractivity contribution in [1.29, 1.82) is 0 Å². The summed E-state index contributed by atoms with van der Waals surface area (Å²) in [5.74, 6) is -0.0455. The van der Waals surface area contributed by atoms with E-state index in [1.807, 2.05) is 19.9 Å². The zero-order valence-corrected chi connectivity index (χ0v) is 25.1. The average molecular weight is 606 g/mol. The summed E-state index contributed by atoms with van der Waals surface area (Å²) in [6.07, 6.45) is 3.97. The van der Waals surface area contributed by atoms with Crippen molar-refractivity contribution in [1.82, 2.24) is 29.9 Å². The van der Waals surface area contributed by atoms with Crippen LogP contribution in [0.3, 0.4) is 0 Å². The number of hydrogen-bond donors (Lipinski definition) is 2. The first-order valence-electron chi connectivity index (χ1n) is 13.7. The van der Waals surface area contributed by atoms with Gasteiger partial charge in [0.25, 0.3) is 11.8 Å². The standard InChI is InChI=1S/C30H32ClN7O5/c1-5-10-33-29(39)24-25(18(2)14-19-16-34-37(26(19)24)17-43-13-12-41-3)35-30(40)27-21-15-20(42-4)8-9-23(21)36-38(27)28-22(31)7-6-11-32-28/h6-9,11,14-16H,5,10,12-13,17H2,1-4H3,(H,33,39)(H,35,40). The van der Waals surface area contributed by atoms with Gasteiger partial charge >= 0.3 is 0 Å². The molecule has 0 saturated heterocycles. The molecule has 3 heterocycles. The molecule has 0 aliphatic rings. The second-order valence-corrected chi connectivity index (χ2v) is 10.1. The Hall–Kier alpha value is -4.52. The van der Waals surface area contributed by atoms with Gasteiger partial charge in [0, 0.05) is 30.6 Å². The lowest BCUT2D eigenvalue weighted by Gasteiger charge is -2.17. The Morgan fingerprint density at radius 2 is 1.93 bits per heavy atom. The maximum atomic E-state index is 14.3. The molecule has 0 bridgehead atoms. The third-order valence-corrected chi connectivity index (χ3v) is 7.10. The number of carbonyl (C=O) groups excluding carboxylic acids is 2. The number of anilines is 1. The van der Waals surface area contributed by atoms with Crippen LogP contribution in [0.25, 0.3) is 27.6 Å². The van der Waals surface area contributed by atoms with Gasteiger partial charge in [-0.25, -0.2) is 14.3 Å². The molecule has 5 rings (SSSR count). The molecule has 13 heteroatoms. The van der Waals surface area contributed by atoms with Gasteiger partial charge in [-0.1, -0.05) is 18.5 Å². The van der Waals surface area contributed by atoms with Crippen molar-refractivity contribution in [2.24, 2.45) is 0 Å². The van der Waals surface area contributed by atoms with E-state index in [0.717, 1.165) is 11.8 Å². The fraction of sp³-hybridized carbons (Fsp3) is 0.300. The molecule has 0 unspecified atom stereocenters. The molecule has 0 radical (unpaired) electrons. The van der Waals surface area contributed by atoms with Crippen molar-refractivity contribution < 1.29 is 23.8 Å². The molecule has 0 aliphatic carbocycles. The summed E-state index contributed by atoms with van der Waals surface area (Å²) in [6, 6.07) is 10.5. The summed E-state index contributed by atoms with van der Waals surface area (Å²) in [7, 11) is 3.14. The number of benzene rings is 2. The summed E-state index contributed by atoms with van der Waals surface area (Å²) in [5, 5.41) is 16.6.